The van der Waals surface area contributed by atoms with E-state index in [-0.39, 0.29) is 12.4 Å². The van der Waals surface area contributed by atoms with Gasteiger partial charge in [0, 0.05) is 10.0 Å². The summed E-state index contributed by atoms with van der Waals surface area (Å²) in [4.78, 5) is 5.08. The first-order valence-corrected chi connectivity index (χ1v) is 6.98. The third kappa shape index (κ3) is 5.40. The van der Waals surface area contributed by atoms with Gasteiger partial charge < -0.3 is 9.57 Å². The predicted octanol–water partition coefficient (Wildman–Crippen LogP) is 4.90. The lowest BCUT2D eigenvalue weighted by Gasteiger charge is -2.09. The van der Waals surface area contributed by atoms with Crippen molar-refractivity contribution in [1.29, 1.82) is 0 Å². The van der Waals surface area contributed by atoms with Crippen LogP contribution in [0.3, 0.4) is 0 Å². The van der Waals surface area contributed by atoms with Crippen LogP contribution >= 0.6 is 15.9 Å². The fraction of sp³-hybridized carbons (Fsp3) is 0.133. The number of nitrogens with zero attached hydrogens (tertiary/aromatic N) is 1. The van der Waals surface area contributed by atoms with Crippen LogP contribution in [0.4, 0.5) is 13.2 Å². The van der Waals surface area contributed by atoms with Gasteiger partial charge in [0.05, 0.1) is 6.21 Å². The highest BCUT2D eigenvalue weighted by Gasteiger charge is 2.31. The van der Waals surface area contributed by atoms with Crippen LogP contribution in [-0.4, -0.2) is 12.6 Å². The first kappa shape index (κ1) is 16.4. The van der Waals surface area contributed by atoms with E-state index < -0.39 is 6.36 Å². The molecule has 0 aliphatic rings. The summed E-state index contributed by atoms with van der Waals surface area (Å²) in [5, 5.41) is 3.78. The molecule has 0 heterocycles. The van der Waals surface area contributed by atoms with Gasteiger partial charge in [0.25, 0.3) is 0 Å². The largest absolute Gasteiger partial charge is 0.573 e. The second kappa shape index (κ2) is 7.31. The molecule has 0 unspecified atom stereocenters. The Balaban J connectivity index is 1.92. The molecule has 0 aliphatic carbocycles. The highest BCUT2D eigenvalue weighted by Crippen LogP contribution is 2.23. The molecule has 22 heavy (non-hydrogen) atoms. The van der Waals surface area contributed by atoms with Crippen molar-refractivity contribution < 1.29 is 22.7 Å². The third-order valence-electron chi connectivity index (χ3n) is 2.53. The highest BCUT2D eigenvalue weighted by atomic mass is 79.9. The summed E-state index contributed by atoms with van der Waals surface area (Å²) in [5.41, 5.74) is 1.35. The molecule has 0 amide bonds. The molecule has 0 saturated carbocycles. The lowest BCUT2D eigenvalue weighted by molar-refractivity contribution is -0.274. The Labute approximate surface area is 133 Å². The maximum absolute atomic E-state index is 12.1. The molecule has 2 rings (SSSR count). The molecule has 0 aromatic heterocycles. The number of hydrogen-bond donors (Lipinski definition) is 0. The van der Waals surface area contributed by atoms with Crippen LogP contribution in [0.15, 0.2) is 58.2 Å². The average molecular weight is 374 g/mol. The minimum absolute atomic E-state index is 0.0377. The van der Waals surface area contributed by atoms with Crippen molar-refractivity contribution in [2.45, 2.75) is 13.0 Å². The molecule has 7 heteroatoms. The number of alkyl halides is 3. The Hall–Kier alpha value is -2.02. The van der Waals surface area contributed by atoms with Gasteiger partial charge in [-0.2, -0.15) is 0 Å². The van der Waals surface area contributed by atoms with Crippen LogP contribution in [0.25, 0.3) is 0 Å². The standard InChI is InChI=1S/C15H11BrF3NO2/c16-14-7-2-1-5-12(14)9-20-21-10-11-4-3-6-13(8-11)22-15(17,18)19/h1-9H,10H2. The number of halogens is 4. The number of hydrogen-bond acceptors (Lipinski definition) is 3. The van der Waals surface area contributed by atoms with E-state index in [9.17, 15) is 13.2 Å². The summed E-state index contributed by atoms with van der Waals surface area (Å²) in [6.07, 6.45) is -3.20. The third-order valence-corrected chi connectivity index (χ3v) is 3.26. The van der Waals surface area contributed by atoms with Gasteiger partial charge in [-0.3, -0.25) is 0 Å². The molecule has 0 fully saturated rings. The summed E-state index contributed by atoms with van der Waals surface area (Å²) in [6, 6.07) is 13.0. The van der Waals surface area contributed by atoms with E-state index in [2.05, 4.69) is 25.8 Å². The smallest absolute Gasteiger partial charge is 0.406 e. The van der Waals surface area contributed by atoms with E-state index in [0.29, 0.717) is 5.56 Å². The zero-order chi connectivity index (χ0) is 16.0. The minimum atomic E-state index is -4.71. The normalized spacial score (nSPS) is 11.6. The number of ether oxygens (including phenoxy) is 1. The lowest BCUT2D eigenvalue weighted by Crippen LogP contribution is -2.17. The van der Waals surface area contributed by atoms with E-state index >= 15 is 0 Å². The Bertz CT molecular complexity index is 659. The van der Waals surface area contributed by atoms with Crippen LogP contribution < -0.4 is 4.74 Å². The zero-order valence-corrected chi connectivity index (χ0v) is 12.8. The topological polar surface area (TPSA) is 30.8 Å². The summed E-state index contributed by atoms with van der Waals surface area (Å²) in [5.74, 6) is -0.289. The molecule has 0 aliphatic heterocycles. The van der Waals surface area contributed by atoms with Crippen molar-refractivity contribution in [3.8, 4) is 5.75 Å². The first-order valence-electron chi connectivity index (χ1n) is 6.18. The summed E-state index contributed by atoms with van der Waals surface area (Å²) in [7, 11) is 0. The Kier molecular flexibility index (Phi) is 5.43. The van der Waals surface area contributed by atoms with Gasteiger partial charge in [-0.25, -0.2) is 0 Å². The molecular formula is C15H11BrF3NO2. The first-order chi connectivity index (χ1) is 10.4. The highest BCUT2D eigenvalue weighted by molar-refractivity contribution is 9.10. The van der Waals surface area contributed by atoms with Gasteiger partial charge in [-0.15, -0.1) is 13.2 Å². The van der Waals surface area contributed by atoms with Gasteiger partial charge in [-0.1, -0.05) is 51.4 Å². The van der Waals surface area contributed by atoms with Gasteiger partial charge in [0.1, 0.15) is 12.4 Å². The van der Waals surface area contributed by atoms with E-state index in [1.165, 1.54) is 24.4 Å². The van der Waals surface area contributed by atoms with Crippen molar-refractivity contribution in [3.05, 3.63) is 64.1 Å². The monoisotopic (exact) mass is 373 g/mol. The zero-order valence-electron chi connectivity index (χ0n) is 11.2. The van der Waals surface area contributed by atoms with Crippen LogP contribution in [0, 0.1) is 0 Å². The van der Waals surface area contributed by atoms with Gasteiger partial charge in [0.2, 0.25) is 0 Å². The second-order valence-electron chi connectivity index (χ2n) is 4.22. The Morgan fingerprint density at radius 2 is 1.86 bits per heavy atom. The van der Waals surface area contributed by atoms with Gasteiger partial charge >= 0.3 is 6.36 Å². The summed E-state index contributed by atoms with van der Waals surface area (Å²) >= 11 is 3.36. The molecule has 0 spiro atoms. The molecule has 0 N–H and O–H groups in total. The number of rotatable bonds is 5. The van der Waals surface area contributed by atoms with Crippen LogP contribution in [0.2, 0.25) is 0 Å². The molecule has 0 radical (unpaired) electrons. The van der Waals surface area contributed by atoms with E-state index in [0.717, 1.165) is 10.0 Å². The molecular weight excluding hydrogens is 363 g/mol. The van der Waals surface area contributed by atoms with E-state index in [1.54, 1.807) is 6.07 Å². The summed E-state index contributed by atoms with van der Waals surface area (Å²) in [6.45, 7) is 0.0377. The summed E-state index contributed by atoms with van der Waals surface area (Å²) < 4.78 is 41.1. The van der Waals surface area contributed by atoms with Crippen molar-refractivity contribution in [2.24, 2.45) is 5.16 Å². The Morgan fingerprint density at radius 3 is 2.59 bits per heavy atom. The molecule has 3 nitrogen and oxygen atoms in total. The van der Waals surface area contributed by atoms with Crippen LogP contribution in [0.1, 0.15) is 11.1 Å². The van der Waals surface area contributed by atoms with Crippen molar-refractivity contribution in [3.63, 3.8) is 0 Å². The molecule has 0 saturated heterocycles. The fourth-order valence-corrected chi connectivity index (χ4v) is 2.01. The maximum Gasteiger partial charge on any atom is 0.573 e. The minimum Gasteiger partial charge on any atom is -0.406 e. The molecule has 2 aromatic rings. The predicted molar refractivity (Wildman–Crippen MR) is 79.7 cm³/mol. The number of benzene rings is 2. The lowest BCUT2D eigenvalue weighted by atomic mass is 10.2. The average Bonchev–Trinajstić information content (AvgIpc) is 2.44. The Morgan fingerprint density at radius 1 is 1.09 bits per heavy atom. The van der Waals surface area contributed by atoms with Gasteiger partial charge in [0.15, 0.2) is 0 Å². The second-order valence-corrected chi connectivity index (χ2v) is 5.08. The SMILES string of the molecule is FC(F)(F)Oc1cccc(CON=Cc2ccccc2Br)c1. The quantitative estimate of drug-likeness (QED) is 0.551. The van der Waals surface area contributed by atoms with Crippen molar-refractivity contribution in [2.75, 3.05) is 0 Å². The van der Waals surface area contributed by atoms with Crippen LogP contribution in [-0.2, 0) is 11.4 Å². The van der Waals surface area contributed by atoms with E-state index in [1.807, 2.05) is 24.3 Å². The molecule has 2 aromatic carbocycles. The van der Waals surface area contributed by atoms with E-state index in [4.69, 9.17) is 4.84 Å². The molecule has 0 atom stereocenters. The van der Waals surface area contributed by atoms with Crippen LogP contribution in [0.5, 0.6) is 5.75 Å². The molecule has 116 valence electrons. The molecule has 0 bridgehead atoms. The number of oxime groups is 1. The fourth-order valence-electron chi connectivity index (χ4n) is 1.62. The van der Waals surface area contributed by atoms with Gasteiger partial charge in [-0.05, 0) is 23.8 Å². The van der Waals surface area contributed by atoms with Crippen molar-refractivity contribution in [1.82, 2.24) is 0 Å². The maximum atomic E-state index is 12.1. The van der Waals surface area contributed by atoms with Crippen molar-refractivity contribution >= 4 is 22.1 Å².